The number of aromatic nitrogens is 1. The Kier molecular flexibility index (Phi) is 3.23. The van der Waals surface area contributed by atoms with Gasteiger partial charge in [-0.25, -0.2) is 0 Å². The number of rotatable bonds is 3. The molecular weight excluding hydrogens is 274 g/mol. The quantitative estimate of drug-likeness (QED) is 0.635. The summed E-state index contributed by atoms with van der Waals surface area (Å²) in [7, 11) is 0. The number of ether oxygens (including phenoxy) is 1. The minimum atomic E-state index is -0.497. The van der Waals surface area contributed by atoms with Crippen LogP contribution in [0.3, 0.4) is 0 Å². The van der Waals surface area contributed by atoms with Crippen LogP contribution in [0.1, 0.15) is 5.69 Å². The van der Waals surface area contributed by atoms with Gasteiger partial charge in [-0.15, -0.1) is 0 Å². The fraction of sp³-hybridized carbons (Fsp3) is 0.143. The van der Waals surface area contributed by atoms with Gasteiger partial charge in [-0.3, -0.25) is 24.8 Å². The lowest BCUT2D eigenvalue weighted by Crippen LogP contribution is -2.38. The van der Waals surface area contributed by atoms with E-state index in [1.54, 1.807) is 12.3 Å². The smallest absolute Gasteiger partial charge is 0.273 e. The molecular formula is C14H11N3O4. The van der Waals surface area contributed by atoms with Crippen molar-refractivity contribution in [3.63, 3.8) is 0 Å². The van der Waals surface area contributed by atoms with E-state index in [4.69, 9.17) is 4.74 Å². The Morgan fingerprint density at radius 2 is 2.19 bits per heavy atom. The van der Waals surface area contributed by atoms with Crippen molar-refractivity contribution < 1.29 is 14.5 Å². The van der Waals surface area contributed by atoms with Gasteiger partial charge in [-0.2, -0.15) is 0 Å². The lowest BCUT2D eigenvalue weighted by atomic mass is 10.2. The Labute approximate surface area is 119 Å². The molecule has 21 heavy (non-hydrogen) atoms. The number of pyridine rings is 1. The van der Waals surface area contributed by atoms with Crippen LogP contribution < -0.4 is 9.64 Å². The summed E-state index contributed by atoms with van der Waals surface area (Å²) in [5.74, 6) is 0.127. The van der Waals surface area contributed by atoms with Crippen LogP contribution in [0, 0.1) is 10.1 Å². The molecule has 0 atom stereocenters. The number of nitrogens with zero attached hydrogens (tertiary/aromatic N) is 3. The Morgan fingerprint density at radius 3 is 2.90 bits per heavy atom. The van der Waals surface area contributed by atoms with E-state index in [1.165, 1.54) is 23.1 Å². The maximum atomic E-state index is 12.0. The second kappa shape index (κ2) is 5.20. The van der Waals surface area contributed by atoms with Gasteiger partial charge in [0.25, 0.3) is 11.6 Å². The monoisotopic (exact) mass is 285 g/mol. The van der Waals surface area contributed by atoms with Gasteiger partial charge in [0.2, 0.25) is 0 Å². The van der Waals surface area contributed by atoms with E-state index in [2.05, 4.69) is 4.98 Å². The zero-order chi connectivity index (χ0) is 14.8. The maximum Gasteiger partial charge on any atom is 0.273 e. The number of hydrogen-bond donors (Lipinski definition) is 0. The molecule has 0 N–H and O–H groups in total. The summed E-state index contributed by atoms with van der Waals surface area (Å²) in [6.45, 7) is 0.162. The van der Waals surface area contributed by atoms with Crippen LogP contribution in [0.15, 0.2) is 42.6 Å². The Balaban J connectivity index is 1.95. The van der Waals surface area contributed by atoms with Gasteiger partial charge in [0.15, 0.2) is 12.4 Å². The number of nitro benzene ring substituents is 1. The third-order valence-electron chi connectivity index (χ3n) is 3.14. The van der Waals surface area contributed by atoms with Crippen molar-refractivity contribution in [1.82, 2.24) is 4.98 Å². The van der Waals surface area contributed by atoms with Gasteiger partial charge in [0.1, 0.15) is 0 Å². The molecule has 0 radical (unpaired) electrons. The largest absolute Gasteiger partial charge is 0.481 e. The molecule has 1 aliphatic heterocycles. The summed E-state index contributed by atoms with van der Waals surface area (Å²) in [5.41, 5.74) is 1.18. The maximum absolute atomic E-state index is 12.0. The normalized spacial score (nSPS) is 13.5. The molecule has 106 valence electrons. The first-order valence-electron chi connectivity index (χ1n) is 6.26. The van der Waals surface area contributed by atoms with Gasteiger partial charge in [-0.05, 0) is 18.2 Å². The molecule has 1 aliphatic rings. The summed E-state index contributed by atoms with van der Waals surface area (Å²) in [6.07, 6.45) is 1.65. The molecule has 2 heterocycles. The standard InChI is InChI=1S/C14H11N3O4/c18-14-9-21-13-7-11(17(19)20)4-5-12(13)16(14)8-10-3-1-2-6-15-10/h1-7H,8-9H2. The molecule has 0 saturated heterocycles. The molecule has 7 heteroatoms. The third kappa shape index (κ3) is 2.53. The first-order valence-corrected chi connectivity index (χ1v) is 6.26. The minimum Gasteiger partial charge on any atom is -0.481 e. The Morgan fingerprint density at radius 1 is 1.33 bits per heavy atom. The highest BCUT2D eigenvalue weighted by atomic mass is 16.6. The molecule has 2 aromatic rings. The molecule has 1 aromatic carbocycles. The van der Waals surface area contributed by atoms with Crippen molar-refractivity contribution >= 4 is 17.3 Å². The molecule has 0 spiro atoms. The predicted molar refractivity (Wildman–Crippen MR) is 74.0 cm³/mol. The lowest BCUT2D eigenvalue weighted by molar-refractivity contribution is -0.384. The molecule has 0 saturated carbocycles. The van der Waals surface area contributed by atoms with Crippen molar-refractivity contribution in [1.29, 1.82) is 0 Å². The SMILES string of the molecule is O=C1COc2cc([N+](=O)[O-])ccc2N1Cc1ccccn1. The fourth-order valence-electron chi connectivity index (χ4n) is 2.13. The topological polar surface area (TPSA) is 85.6 Å². The van der Waals surface area contributed by atoms with Crippen LogP contribution in [0.4, 0.5) is 11.4 Å². The first-order chi connectivity index (χ1) is 10.1. The van der Waals surface area contributed by atoms with Gasteiger partial charge in [0.05, 0.1) is 28.9 Å². The number of nitro groups is 1. The summed E-state index contributed by atoms with van der Waals surface area (Å²) in [5, 5.41) is 10.8. The van der Waals surface area contributed by atoms with Gasteiger partial charge in [-0.1, -0.05) is 6.07 Å². The molecule has 1 aromatic heterocycles. The van der Waals surface area contributed by atoms with E-state index in [-0.39, 0.29) is 18.2 Å². The second-order valence-corrected chi connectivity index (χ2v) is 4.50. The number of hydrogen-bond acceptors (Lipinski definition) is 5. The predicted octanol–water partition coefficient (Wildman–Crippen LogP) is 1.92. The highest BCUT2D eigenvalue weighted by Crippen LogP contribution is 2.35. The van der Waals surface area contributed by atoms with Crippen LogP contribution in [-0.2, 0) is 11.3 Å². The van der Waals surface area contributed by atoms with Crippen molar-refractivity contribution in [3.05, 3.63) is 58.4 Å². The molecule has 0 fully saturated rings. The van der Waals surface area contributed by atoms with Crippen LogP contribution in [0.25, 0.3) is 0 Å². The Hall–Kier alpha value is -2.96. The van der Waals surface area contributed by atoms with Crippen molar-refractivity contribution in [2.24, 2.45) is 0 Å². The van der Waals surface area contributed by atoms with E-state index in [0.717, 1.165) is 5.69 Å². The first kappa shape index (κ1) is 13.0. The molecule has 0 bridgehead atoms. The third-order valence-corrected chi connectivity index (χ3v) is 3.14. The number of carbonyl (C=O) groups excluding carboxylic acids is 1. The van der Waals surface area contributed by atoms with Crippen LogP contribution >= 0.6 is 0 Å². The summed E-state index contributed by atoms with van der Waals surface area (Å²) < 4.78 is 5.28. The second-order valence-electron chi connectivity index (χ2n) is 4.50. The van der Waals surface area contributed by atoms with Crippen LogP contribution in [-0.4, -0.2) is 22.4 Å². The van der Waals surface area contributed by atoms with Gasteiger partial charge >= 0.3 is 0 Å². The van der Waals surface area contributed by atoms with Crippen molar-refractivity contribution in [2.45, 2.75) is 6.54 Å². The molecule has 7 nitrogen and oxygen atoms in total. The number of carbonyl (C=O) groups is 1. The van der Waals surface area contributed by atoms with Crippen molar-refractivity contribution in [3.8, 4) is 5.75 Å². The minimum absolute atomic E-state index is 0.0686. The zero-order valence-electron chi connectivity index (χ0n) is 10.9. The van der Waals surface area contributed by atoms with Gasteiger partial charge in [0, 0.05) is 12.3 Å². The fourth-order valence-corrected chi connectivity index (χ4v) is 2.13. The lowest BCUT2D eigenvalue weighted by Gasteiger charge is -2.28. The number of fused-ring (bicyclic) bond motifs is 1. The molecule has 1 amide bonds. The zero-order valence-corrected chi connectivity index (χ0v) is 10.9. The number of benzene rings is 1. The summed E-state index contributed by atoms with van der Waals surface area (Å²) >= 11 is 0. The average molecular weight is 285 g/mol. The van der Waals surface area contributed by atoms with Crippen molar-refractivity contribution in [2.75, 3.05) is 11.5 Å². The average Bonchev–Trinajstić information content (AvgIpc) is 2.50. The molecule has 0 aliphatic carbocycles. The number of anilines is 1. The van der Waals surface area contributed by atoms with E-state index >= 15 is 0 Å². The number of non-ortho nitro benzene ring substituents is 1. The molecule has 0 unspecified atom stereocenters. The van der Waals surface area contributed by atoms with Crippen LogP contribution in [0.2, 0.25) is 0 Å². The Bertz CT molecular complexity index is 703. The van der Waals surface area contributed by atoms with E-state index in [0.29, 0.717) is 18.0 Å². The highest BCUT2D eigenvalue weighted by molar-refractivity contribution is 5.97. The van der Waals surface area contributed by atoms with Crippen LogP contribution in [0.5, 0.6) is 5.75 Å². The summed E-state index contributed by atoms with van der Waals surface area (Å²) in [6, 6.07) is 9.65. The molecule has 3 rings (SSSR count). The van der Waals surface area contributed by atoms with Gasteiger partial charge < -0.3 is 4.74 Å². The summed E-state index contributed by atoms with van der Waals surface area (Å²) in [4.78, 5) is 28.0. The van der Waals surface area contributed by atoms with E-state index < -0.39 is 4.92 Å². The van der Waals surface area contributed by atoms with E-state index in [9.17, 15) is 14.9 Å². The van der Waals surface area contributed by atoms with E-state index in [1.807, 2.05) is 12.1 Å². The number of amides is 1. The highest BCUT2D eigenvalue weighted by Gasteiger charge is 2.27.